The molecular weight excluding hydrogens is 394 g/mol. The first kappa shape index (κ1) is 21.3. The van der Waals surface area contributed by atoms with Crippen molar-refractivity contribution in [3.05, 3.63) is 70.6 Å². The fourth-order valence-electron chi connectivity index (χ4n) is 3.06. The maximum atomic E-state index is 11.7. The summed E-state index contributed by atoms with van der Waals surface area (Å²) in [5.74, 6) is -0.812. The van der Waals surface area contributed by atoms with Gasteiger partial charge in [-0.2, -0.15) is 15.5 Å². The number of benzene rings is 1. The maximum Gasteiger partial charge on any atom is 0.342 e. The molecule has 0 bridgehead atoms. The Balaban J connectivity index is 1.91. The van der Waals surface area contributed by atoms with Crippen LogP contribution in [0.1, 0.15) is 33.5 Å². The summed E-state index contributed by atoms with van der Waals surface area (Å²) in [5, 5.41) is 30.2. The highest BCUT2D eigenvalue weighted by molar-refractivity contribution is 5.90. The summed E-state index contributed by atoms with van der Waals surface area (Å²) >= 11 is 0. The Kier molecular flexibility index (Phi) is 6.44. The van der Waals surface area contributed by atoms with Crippen molar-refractivity contribution in [2.75, 3.05) is 5.32 Å². The first-order chi connectivity index (χ1) is 14.9. The van der Waals surface area contributed by atoms with Crippen LogP contribution in [0, 0.1) is 42.4 Å². The second kappa shape index (κ2) is 9.38. The first-order valence-electron chi connectivity index (χ1n) is 9.42. The van der Waals surface area contributed by atoms with Crippen molar-refractivity contribution in [3.8, 4) is 23.8 Å². The maximum absolute atomic E-state index is 11.7. The number of anilines is 1. The number of rotatable bonds is 6. The Labute approximate surface area is 179 Å². The van der Waals surface area contributed by atoms with E-state index in [1.807, 2.05) is 38.1 Å². The van der Waals surface area contributed by atoms with Crippen molar-refractivity contribution < 1.29 is 14.6 Å². The molecule has 31 heavy (non-hydrogen) atoms. The van der Waals surface area contributed by atoms with Gasteiger partial charge in [-0.05, 0) is 61.2 Å². The number of carboxylic acids is 1. The zero-order chi connectivity index (χ0) is 22.4. The van der Waals surface area contributed by atoms with Crippen molar-refractivity contribution >= 4 is 18.0 Å². The molecule has 8 heteroatoms. The van der Waals surface area contributed by atoms with E-state index in [0.29, 0.717) is 17.9 Å². The highest BCUT2D eigenvalue weighted by Crippen LogP contribution is 2.31. The molecule has 1 atom stereocenters. The molecule has 1 unspecified atom stereocenters. The number of aromatic nitrogens is 2. The molecule has 0 saturated carbocycles. The summed E-state index contributed by atoms with van der Waals surface area (Å²) < 4.78 is 5.91. The molecule has 154 valence electrons. The van der Waals surface area contributed by atoms with E-state index in [2.05, 4.69) is 21.4 Å². The predicted molar refractivity (Wildman–Crippen MR) is 114 cm³/mol. The third-order valence-corrected chi connectivity index (χ3v) is 4.54. The number of nitriles is 2. The largest absolute Gasteiger partial charge is 0.477 e. The van der Waals surface area contributed by atoms with Gasteiger partial charge in [0.15, 0.2) is 0 Å². The molecule has 1 aliphatic rings. The van der Waals surface area contributed by atoms with Gasteiger partial charge >= 0.3 is 5.97 Å². The van der Waals surface area contributed by atoms with E-state index in [0.717, 1.165) is 16.7 Å². The number of hydrogen-bond donors (Lipinski definition) is 2. The van der Waals surface area contributed by atoms with Crippen LogP contribution in [0.5, 0.6) is 11.6 Å². The van der Waals surface area contributed by atoms with Gasteiger partial charge in [-0.1, -0.05) is 12.2 Å². The summed E-state index contributed by atoms with van der Waals surface area (Å²) in [4.78, 5) is 20.0. The molecule has 2 aromatic rings. The quantitative estimate of drug-likeness (QED) is 0.661. The van der Waals surface area contributed by atoms with Crippen LogP contribution in [0.2, 0.25) is 0 Å². The fraction of sp³-hybridized carbons (Fsp3) is 0.174. The third-order valence-electron chi connectivity index (χ3n) is 4.54. The normalized spacial score (nSPS) is 15.1. The summed E-state index contributed by atoms with van der Waals surface area (Å²) in [6.07, 6.45) is 10.2. The molecule has 3 rings (SSSR count). The number of hydrogen-bond acceptors (Lipinski definition) is 7. The van der Waals surface area contributed by atoms with E-state index < -0.39 is 5.97 Å². The average molecular weight is 413 g/mol. The zero-order valence-electron chi connectivity index (χ0n) is 17.0. The summed E-state index contributed by atoms with van der Waals surface area (Å²) in [6, 6.07) is 7.79. The van der Waals surface area contributed by atoms with Crippen LogP contribution in [-0.4, -0.2) is 21.0 Å². The standard InChI is InChI=1S/C23H19N5O3/c1-14-10-17(4-3-9-24)11-15(2)20(14)31-21-19(22(29)30)13-26-23(28-21)27-18-7-5-16(12-25)6-8-18/h3-5,7-8,10-11,13,16H,6H2,1-2H3,(H,29,30)(H,26,27,28)/b4-3+. The molecule has 0 aliphatic heterocycles. The number of aromatic carboxylic acids is 1. The molecule has 8 nitrogen and oxygen atoms in total. The fourth-order valence-corrected chi connectivity index (χ4v) is 3.06. The summed E-state index contributed by atoms with van der Waals surface area (Å²) in [5.41, 5.74) is 2.90. The smallest absolute Gasteiger partial charge is 0.342 e. The van der Waals surface area contributed by atoms with Crippen LogP contribution in [0.4, 0.5) is 5.95 Å². The molecule has 0 radical (unpaired) electrons. The van der Waals surface area contributed by atoms with E-state index in [9.17, 15) is 9.90 Å². The molecule has 0 fully saturated rings. The van der Waals surface area contributed by atoms with Crippen molar-refractivity contribution in [1.29, 1.82) is 10.5 Å². The highest BCUT2D eigenvalue weighted by Gasteiger charge is 2.19. The molecule has 1 heterocycles. The Morgan fingerprint density at radius 3 is 2.65 bits per heavy atom. The van der Waals surface area contributed by atoms with E-state index >= 15 is 0 Å². The number of carboxylic acid groups (broad SMARTS) is 1. The summed E-state index contributed by atoms with van der Waals surface area (Å²) in [7, 11) is 0. The van der Waals surface area contributed by atoms with Crippen molar-refractivity contribution in [2.24, 2.45) is 5.92 Å². The van der Waals surface area contributed by atoms with Gasteiger partial charge in [0.2, 0.25) is 11.8 Å². The number of aryl methyl sites for hydroxylation is 2. The third kappa shape index (κ3) is 5.14. The van der Waals surface area contributed by atoms with Crippen LogP contribution in [0.15, 0.2) is 48.3 Å². The van der Waals surface area contributed by atoms with E-state index in [1.165, 1.54) is 12.3 Å². The Morgan fingerprint density at radius 1 is 1.32 bits per heavy atom. The van der Waals surface area contributed by atoms with Crippen molar-refractivity contribution in [1.82, 2.24) is 9.97 Å². The lowest BCUT2D eigenvalue weighted by molar-refractivity contribution is 0.0693. The van der Waals surface area contributed by atoms with E-state index in [4.69, 9.17) is 15.3 Å². The minimum Gasteiger partial charge on any atom is -0.477 e. The second-order valence-corrected chi connectivity index (χ2v) is 6.88. The molecule has 0 amide bonds. The van der Waals surface area contributed by atoms with Crippen molar-refractivity contribution in [2.45, 2.75) is 20.3 Å². The minimum absolute atomic E-state index is 0.0909. The Hall–Kier alpha value is -4.43. The second-order valence-electron chi connectivity index (χ2n) is 6.88. The van der Waals surface area contributed by atoms with Gasteiger partial charge < -0.3 is 15.2 Å². The van der Waals surface area contributed by atoms with E-state index in [1.54, 1.807) is 18.2 Å². The van der Waals surface area contributed by atoms with Gasteiger partial charge in [-0.15, -0.1) is 0 Å². The van der Waals surface area contributed by atoms with Gasteiger partial charge in [0.1, 0.15) is 11.3 Å². The van der Waals surface area contributed by atoms with Crippen LogP contribution >= 0.6 is 0 Å². The lowest BCUT2D eigenvalue weighted by Gasteiger charge is -2.15. The SMILES string of the molecule is Cc1cc(/C=C/C#N)cc(C)c1Oc1nc(NC2=CCC(C#N)C=C2)ncc1C(=O)O. The molecule has 1 aliphatic carbocycles. The monoisotopic (exact) mass is 413 g/mol. The number of nitrogens with one attached hydrogen (secondary N) is 1. The first-order valence-corrected chi connectivity index (χ1v) is 9.42. The number of carbonyl (C=O) groups is 1. The van der Waals surface area contributed by atoms with Crippen LogP contribution < -0.4 is 10.1 Å². The van der Waals surface area contributed by atoms with Gasteiger partial charge in [0.25, 0.3) is 0 Å². The molecule has 1 aromatic carbocycles. The van der Waals surface area contributed by atoms with Gasteiger partial charge in [0.05, 0.1) is 24.3 Å². The average Bonchev–Trinajstić information content (AvgIpc) is 2.75. The lowest BCUT2D eigenvalue weighted by Crippen LogP contribution is -2.10. The molecule has 2 N–H and O–H groups in total. The Morgan fingerprint density at radius 2 is 2.06 bits per heavy atom. The number of nitrogens with zero attached hydrogens (tertiary/aromatic N) is 4. The number of allylic oxidation sites excluding steroid dienone is 4. The van der Waals surface area contributed by atoms with Gasteiger partial charge in [-0.3, -0.25) is 0 Å². The van der Waals surface area contributed by atoms with Gasteiger partial charge in [0, 0.05) is 11.8 Å². The van der Waals surface area contributed by atoms with Crippen LogP contribution in [0.3, 0.4) is 0 Å². The van der Waals surface area contributed by atoms with Crippen LogP contribution in [-0.2, 0) is 0 Å². The topological polar surface area (TPSA) is 132 Å². The number of ether oxygens (including phenoxy) is 1. The summed E-state index contributed by atoms with van der Waals surface area (Å²) in [6.45, 7) is 3.66. The van der Waals surface area contributed by atoms with Crippen LogP contribution in [0.25, 0.3) is 6.08 Å². The highest BCUT2D eigenvalue weighted by atomic mass is 16.5. The lowest BCUT2D eigenvalue weighted by atomic mass is 10.0. The zero-order valence-corrected chi connectivity index (χ0v) is 17.0. The molecule has 0 saturated heterocycles. The molecule has 0 spiro atoms. The van der Waals surface area contributed by atoms with E-state index in [-0.39, 0.29) is 23.3 Å². The molecular formula is C23H19N5O3. The van der Waals surface area contributed by atoms with Crippen molar-refractivity contribution in [3.63, 3.8) is 0 Å². The van der Waals surface area contributed by atoms with Gasteiger partial charge in [-0.25, -0.2) is 9.78 Å². The molecule has 1 aromatic heterocycles. The Bertz CT molecular complexity index is 1180. The predicted octanol–water partition coefficient (Wildman–Crippen LogP) is 4.52. The minimum atomic E-state index is -1.21.